The molecule has 0 aliphatic rings. The van der Waals surface area contributed by atoms with Crippen molar-refractivity contribution in [3.05, 3.63) is 83.4 Å². The quantitative estimate of drug-likeness (QED) is 0.612. The molecule has 1 heterocycles. The van der Waals surface area contributed by atoms with Crippen molar-refractivity contribution in [2.45, 2.75) is 19.4 Å². The number of carbonyl (C=O) groups excluding carboxylic acids is 1. The van der Waals surface area contributed by atoms with E-state index < -0.39 is 11.6 Å². The minimum absolute atomic E-state index is 0.0452. The van der Waals surface area contributed by atoms with Crippen LogP contribution in [0, 0.1) is 17.5 Å². The molecule has 1 amide bonds. The minimum Gasteiger partial charge on any atom is -0.461 e. The molecule has 0 aliphatic heterocycles. The summed E-state index contributed by atoms with van der Waals surface area (Å²) in [7, 11) is 1.55. The summed E-state index contributed by atoms with van der Waals surface area (Å²) in [5.41, 5.74) is 0.603. The van der Waals surface area contributed by atoms with Gasteiger partial charge in [0.2, 0.25) is 5.91 Å². The van der Waals surface area contributed by atoms with E-state index in [4.69, 9.17) is 4.42 Å². The average Bonchev–Trinajstić information content (AvgIpc) is 3.11. The lowest BCUT2D eigenvalue weighted by Gasteiger charge is -2.17. The van der Waals surface area contributed by atoms with Crippen LogP contribution in [0.5, 0.6) is 0 Å². The lowest BCUT2D eigenvalue weighted by molar-refractivity contribution is -0.130. The number of benzene rings is 2. The highest BCUT2D eigenvalue weighted by Gasteiger charge is 2.14. The van der Waals surface area contributed by atoms with Gasteiger partial charge in [-0.3, -0.25) is 4.79 Å². The van der Waals surface area contributed by atoms with E-state index in [-0.39, 0.29) is 30.3 Å². The second kappa shape index (κ2) is 8.12. The van der Waals surface area contributed by atoms with Gasteiger partial charge < -0.3 is 9.32 Å². The smallest absolute Gasteiger partial charge is 0.223 e. The number of halogens is 3. The van der Waals surface area contributed by atoms with E-state index in [2.05, 4.69) is 0 Å². The largest absolute Gasteiger partial charge is 0.461 e. The van der Waals surface area contributed by atoms with E-state index >= 15 is 0 Å². The Bertz CT molecular complexity index is 952. The number of nitrogens with zero attached hydrogens (tertiary/aromatic N) is 1. The Kier molecular flexibility index (Phi) is 5.64. The summed E-state index contributed by atoms with van der Waals surface area (Å²) in [5.74, 6) is -0.970. The highest BCUT2D eigenvalue weighted by Crippen LogP contribution is 2.25. The fourth-order valence-electron chi connectivity index (χ4n) is 2.73. The summed E-state index contributed by atoms with van der Waals surface area (Å²) in [6.45, 7) is 0.0452. The van der Waals surface area contributed by atoms with Crippen molar-refractivity contribution in [1.82, 2.24) is 4.90 Å². The van der Waals surface area contributed by atoms with Gasteiger partial charge in [-0.1, -0.05) is 18.2 Å². The zero-order valence-corrected chi connectivity index (χ0v) is 14.7. The first-order chi connectivity index (χ1) is 12.9. The van der Waals surface area contributed by atoms with Crippen molar-refractivity contribution in [3.63, 3.8) is 0 Å². The van der Waals surface area contributed by atoms with Gasteiger partial charge in [-0.15, -0.1) is 0 Å². The van der Waals surface area contributed by atoms with Gasteiger partial charge in [0.15, 0.2) is 0 Å². The number of rotatable bonds is 6. The van der Waals surface area contributed by atoms with E-state index in [0.717, 1.165) is 12.1 Å². The number of carbonyl (C=O) groups is 1. The predicted octanol–water partition coefficient (Wildman–Crippen LogP) is 4.96. The van der Waals surface area contributed by atoms with Crippen molar-refractivity contribution >= 4 is 5.91 Å². The topological polar surface area (TPSA) is 33.5 Å². The van der Waals surface area contributed by atoms with Gasteiger partial charge in [0.05, 0.1) is 5.56 Å². The van der Waals surface area contributed by atoms with Crippen LogP contribution in [0.25, 0.3) is 11.3 Å². The standard InChI is InChI=1S/C21H18F3NO2/c1-25(13-14-6-7-15(22)12-19(14)24)21(26)11-9-16-8-10-20(27-16)17-4-2-3-5-18(17)23/h2-8,10,12H,9,11,13H2,1H3. The Morgan fingerprint density at radius 3 is 2.52 bits per heavy atom. The molecule has 0 N–H and O–H groups in total. The van der Waals surface area contributed by atoms with E-state index in [1.54, 1.807) is 37.4 Å². The first kappa shape index (κ1) is 18.8. The molecular formula is C21H18F3NO2. The third-order valence-corrected chi connectivity index (χ3v) is 4.23. The fraction of sp³-hybridized carbons (Fsp3) is 0.190. The third kappa shape index (κ3) is 4.58. The van der Waals surface area contributed by atoms with E-state index in [1.165, 1.54) is 17.0 Å². The number of hydrogen-bond donors (Lipinski definition) is 0. The molecule has 0 saturated carbocycles. The maximum absolute atomic E-state index is 13.8. The average molecular weight is 373 g/mol. The summed E-state index contributed by atoms with van der Waals surface area (Å²) < 4.78 is 46.1. The van der Waals surface area contributed by atoms with Gasteiger partial charge in [-0.25, -0.2) is 13.2 Å². The predicted molar refractivity (Wildman–Crippen MR) is 95.3 cm³/mol. The van der Waals surface area contributed by atoms with Crippen LogP contribution in [0.4, 0.5) is 13.2 Å². The summed E-state index contributed by atoms with van der Waals surface area (Å²) >= 11 is 0. The first-order valence-electron chi connectivity index (χ1n) is 8.45. The molecule has 0 atom stereocenters. The lowest BCUT2D eigenvalue weighted by Crippen LogP contribution is -2.26. The molecule has 0 fully saturated rings. The van der Waals surface area contributed by atoms with E-state index in [0.29, 0.717) is 23.5 Å². The highest BCUT2D eigenvalue weighted by atomic mass is 19.1. The molecular weight excluding hydrogens is 355 g/mol. The number of aryl methyl sites for hydroxylation is 1. The van der Waals surface area contributed by atoms with Gasteiger partial charge in [0, 0.05) is 38.1 Å². The van der Waals surface area contributed by atoms with E-state index in [9.17, 15) is 18.0 Å². The molecule has 0 radical (unpaired) electrons. The summed E-state index contributed by atoms with van der Waals surface area (Å²) in [6.07, 6.45) is 0.493. The zero-order valence-electron chi connectivity index (χ0n) is 14.7. The molecule has 140 valence electrons. The SMILES string of the molecule is CN(Cc1ccc(F)cc1F)C(=O)CCc1ccc(-c2ccccc2F)o1. The zero-order chi connectivity index (χ0) is 19.4. The Morgan fingerprint density at radius 1 is 1.00 bits per heavy atom. The maximum Gasteiger partial charge on any atom is 0.223 e. The van der Waals surface area contributed by atoms with Gasteiger partial charge in [-0.05, 0) is 30.3 Å². The molecule has 0 unspecified atom stereocenters. The van der Waals surface area contributed by atoms with Crippen LogP contribution in [-0.4, -0.2) is 17.9 Å². The van der Waals surface area contributed by atoms with Crippen LogP contribution in [0.15, 0.2) is 59.0 Å². The monoisotopic (exact) mass is 373 g/mol. The van der Waals surface area contributed by atoms with Gasteiger partial charge in [0.1, 0.15) is 29.0 Å². The van der Waals surface area contributed by atoms with Gasteiger partial charge in [0.25, 0.3) is 0 Å². The highest BCUT2D eigenvalue weighted by molar-refractivity contribution is 5.76. The van der Waals surface area contributed by atoms with Crippen molar-refractivity contribution in [3.8, 4) is 11.3 Å². The number of amides is 1. The van der Waals surface area contributed by atoms with Crippen molar-refractivity contribution in [2.24, 2.45) is 0 Å². The molecule has 0 aliphatic carbocycles. The summed E-state index contributed by atoms with van der Waals surface area (Å²) in [6, 6.07) is 12.9. The van der Waals surface area contributed by atoms with Crippen molar-refractivity contribution in [1.29, 1.82) is 0 Å². The Hall–Kier alpha value is -3.02. The summed E-state index contributed by atoms with van der Waals surface area (Å²) in [4.78, 5) is 13.6. The fourth-order valence-corrected chi connectivity index (χ4v) is 2.73. The molecule has 0 bridgehead atoms. The molecule has 0 saturated heterocycles. The molecule has 0 spiro atoms. The molecule has 6 heteroatoms. The van der Waals surface area contributed by atoms with Gasteiger partial charge >= 0.3 is 0 Å². The molecule has 1 aromatic heterocycles. The normalized spacial score (nSPS) is 10.8. The van der Waals surface area contributed by atoms with Crippen LogP contribution < -0.4 is 0 Å². The number of hydrogen-bond acceptors (Lipinski definition) is 2. The Labute approximate surface area is 155 Å². The van der Waals surface area contributed by atoms with Crippen LogP contribution in [0.1, 0.15) is 17.7 Å². The van der Waals surface area contributed by atoms with Crippen LogP contribution in [0.3, 0.4) is 0 Å². The van der Waals surface area contributed by atoms with Crippen LogP contribution in [0.2, 0.25) is 0 Å². The van der Waals surface area contributed by atoms with Crippen molar-refractivity contribution < 1.29 is 22.4 Å². The molecule has 27 heavy (non-hydrogen) atoms. The van der Waals surface area contributed by atoms with Crippen LogP contribution >= 0.6 is 0 Å². The second-order valence-corrected chi connectivity index (χ2v) is 6.23. The molecule has 3 aromatic rings. The van der Waals surface area contributed by atoms with Crippen molar-refractivity contribution in [2.75, 3.05) is 7.05 Å². The molecule has 2 aromatic carbocycles. The van der Waals surface area contributed by atoms with Gasteiger partial charge in [-0.2, -0.15) is 0 Å². The second-order valence-electron chi connectivity index (χ2n) is 6.23. The molecule has 3 nitrogen and oxygen atoms in total. The Balaban J connectivity index is 1.58. The molecule has 3 rings (SSSR count). The third-order valence-electron chi connectivity index (χ3n) is 4.23. The first-order valence-corrected chi connectivity index (χ1v) is 8.45. The maximum atomic E-state index is 13.8. The summed E-state index contributed by atoms with van der Waals surface area (Å²) in [5, 5.41) is 0. The number of furan rings is 1. The Morgan fingerprint density at radius 2 is 1.78 bits per heavy atom. The lowest BCUT2D eigenvalue weighted by atomic mass is 10.1. The minimum atomic E-state index is -0.685. The van der Waals surface area contributed by atoms with E-state index in [1.807, 2.05) is 0 Å². The van der Waals surface area contributed by atoms with Crippen LogP contribution in [-0.2, 0) is 17.8 Å².